The van der Waals surface area contributed by atoms with Crippen molar-refractivity contribution in [3.8, 4) is 0 Å². The molecule has 2 nitrogen and oxygen atoms in total. The van der Waals surface area contributed by atoms with Gasteiger partial charge in [-0.25, -0.2) is 0 Å². The lowest BCUT2D eigenvalue weighted by Crippen LogP contribution is -2.68. The van der Waals surface area contributed by atoms with Gasteiger partial charge in [0.1, 0.15) is 0 Å². The van der Waals surface area contributed by atoms with Crippen LogP contribution in [0, 0.1) is 17.8 Å². The van der Waals surface area contributed by atoms with E-state index in [9.17, 15) is 5.11 Å². The largest absolute Gasteiger partial charge is 0.392 e. The van der Waals surface area contributed by atoms with Crippen molar-refractivity contribution >= 4 is 0 Å². The molecule has 0 aromatic carbocycles. The summed E-state index contributed by atoms with van der Waals surface area (Å²) in [6.07, 6.45) is 10.2. The van der Waals surface area contributed by atoms with Gasteiger partial charge >= 0.3 is 0 Å². The molecule has 4 aliphatic rings. The fourth-order valence-electron chi connectivity index (χ4n) is 5.75. The number of β-amino-alcohol motifs (C(OH)–C–C–N with tert-alkyl or cyclic N) is 1. The van der Waals surface area contributed by atoms with E-state index in [4.69, 9.17) is 0 Å². The lowest BCUT2D eigenvalue weighted by Gasteiger charge is -2.64. The van der Waals surface area contributed by atoms with Gasteiger partial charge in [0.2, 0.25) is 0 Å². The van der Waals surface area contributed by atoms with Crippen molar-refractivity contribution in [2.75, 3.05) is 13.1 Å². The Labute approximate surface area is 110 Å². The lowest BCUT2D eigenvalue weighted by molar-refractivity contribution is -0.112. The first-order valence-corrected chi connectivity index (χ1v) is 7.83. The monoisotopic (exact) mass is 247 g/mol. The Balaban J connectivity index is 1.83. The van der Waals surface area contributed by atoms with Crippen molar-refractivity contribution in [2.45, 2.75) is 57.1 Å². The molecular formula is C16H25NO. The van der Waals surface area contributed by atoms with Crippen molar-refractivity contribution in [1.82, 2.24) is 4.90 Å². The second-order valence-corrected chi connectivity index (χ2v) is 7.24. The average molecular weight is 247 g/mol. The number of nitrogens with zero attached hydrogens (tertiary/aromatic N) is 1. The number of hydrogen-bond donors (Lipinski definition) is 1. The van der Waals surface area contributed by atoms with E-state index < -0.39 is 0 Å². The van der Waals surface area contributed by atoms with Crippen molar-refractivity contribution in [1.29, 1.82) is 0 Å². The summed E-state index contributed by atoms with van der Waals surface area (Å²) < 4.78 is 0. The van der Waals surface area contributed by atoms with Gasteiger partial charge in [-0.2, -0.15) is 0 Å². The third-order valence-corrected chi connectivity index (χ3v) is 6.17. The fourth-order valence-corrected chi connectivity index (χ4v) is 5.75. The van der Waals surface area contributed by atoms with Gasteiger partial charge in [-0.05, 0) is 62.8 Å². The Morgan fingerprint density at radius 1 is 1.39 bits per heavy atom. The van der Waals surface area contributed by atoms with E-state index in [1.807, 2.05) is 0 Å². The molecule has 1 N–H and O–H groups in total. The van der Waals surface area contributed by atoms with Crippen LogP contribution in [0.5, 0.6) is 0 Å². The van der Waals surface area contributed by atoms with Crippen molar-refractivity contribution < 1.29 is 5.11 Å². The van der Waals surface area contributed by atoms with Gasteiger partial charge in [0, 0.05) is 12.1 Å². The van der Waals surface area contributed by atoms with Gasteiger partial charge in [-0.1, -0.05) is 18.6 Å². The highest BCUT2D eigenvalue weighted by atomic mass is 16.3. The number of rotatable bonds is 0. The van der Waals surface area contributed by atoms with Gasteiger partial charge in [0.25, 0.3) is 0 Å². The molecule has 0 radical (unpaired) electrons. The van der Waals surface area contributed by atoms with Gasteiger partial charge in [-0.15, -0.1) is 0 Å². The first kappa shape index (κ1) is 11.5. The number of allylic oxidation sites excluding steroid dienone is 1. The fraction of sp³-hybridized carbons (Fsp3) is 0.875. The summed E-state index contributed by atoms with van der Waals surface area (Å²) in [7, 11) is 0. The highest BCUT2D eigenvalue weighted by Crippen LogP contribution is 2.58. The zero-order valence-electron chi connectivity index (χ0n) is 11.4. The average Bonchev–Trinajstić information content (AvgIpc) is 2.31. The molecule has 18 heavy (non-hydrogen) atoms. The van der Waals surface area contributed by atoms with Crippen LogP contribution >= 0.6 is 0 Å². The maximum absolute atomic E-state index is 10.2. The van der Waals surface area contributed by atoms with Crippen molar-refractivity contribution in [2.24, 2.45) is 17.8 Å². The smallest absolute Gasteiger partial charge is 0.0671 e. The van der Waals surface area contributed by atoms with Crippen LogP contribution in [0.2, 0.25) is 0 Å². The molecule has 100 valence electrons. The quantitative estimate of drug-likeness (QED) is 0.665. The molecular weight excluding hydrogens is 222 g/mol. The minimum atomic E-state index is -0.0727. The molecule has 2 saturated heterocycles. The van der Waals surface area contributed by atoms with E-state index >= 15 is 0 Å². The summed E-state index contributed by atoms with van der Waals surface area (Å²) in [5, 5.41) is 10.2. The van der Waals surface area contributed by atoms with E-state index in [2.05, 4.69) is 17.9 Å². The summed E-state index contributed by atoms with van der Waals surface area (Å²) in [6, 6.07) is 0. The lowest BCUT2D eigenvalue weighted by atomic mass is 9.52. The van der Waals surface area contributed by atoms with Crippen molar-refractivity contribution in [3.63, 3.8) is 0 Å². The van der Waals surface area contributed by atoms with Gasteiger partial charge in [-0.3, -0.25) is 4.90 Å². The van der Waals surface area contributed by atoms with Crippen LogP contribution in [-0.2, 0) is 0 Å². The zero-order chi connectivity index (χ0) is 12.3. The molecule has 2 aliphatic carbocycles. The molecule has 0 aromatic rings. The Morgan fingerprint density at radius 2 is 2.28 bits per heavy atom. The predicted octanol–water partition coefficient (Wildman–Crippen LogP) is 2.58. The number of hydrogen-bond acceptors (Lipinski definition) is 2. The first-order chi connectivity index (χ1) is 8.70. The van der Waals surface area contributed by atoms with Crippen LogP contribution in [0.15, 0.2) is 11.6 Å². The van der Waals surface area contributed by atoms with Gasteiger partial charge < -0.3 is 5.11 Å². The van der Waals surface area contributed by atoms with Crippen LogP contribution in [-0.4, -0.2) is 34.7 Å². The highest BCUT2D eigenvalue weighted by Gasteiger charge is 2.58. The first-order valence-electron chi connectivity index (χ1n) is 7.83. The summed E-state index contributed by atoms with van der Waals surface area (Å²) in [5.74, 6) is 2.46. The standard InChI is InChI=1S/C16H25NO/c1-11-7-12-4-5-13-3-2-6-17-10-14(18)8-15(12)16(13,17)9-11/h5,11-12,14-15,18H,2-4,6-10H2,1H3/t11-,12-,14-,15-,16+/m1/s1. The minimum absolute atomic E-state index is 0.0727. The molecule has 2 heterocycles. The molecule has 0 amide bonds. The second-order valence-electron chi connectivity index (χ2n) is 7.24. The third kappa shape index (κ3) is 1.36. The molecule has 0 unspecified atom stereocenters. The van der Waals surface area contributed by atoms with Crippen LogP contribution < -0.4 is 0 Å². The normalized spacial score (nSPS) is 51.6. The minimum Gasteiger partial charge on any atom is -0.392 e. The Morgan fingerprint density at radius 3 is 3.17 bits per heavy atom. The number of piperidine rings is 2. The van der Waals surface area contributed by atoms with Crippen LogP contribution in [0.3, 0.4) is 0 Å². The van der Waals surface area contributed by atoms with Gasteiger partial charge in [0.05, 0.1) is 6.10 Å². The van der Waals surface area contributed by atoms with E-state index in [-0.39, 0.29) is 6.10 Å². The molecule has 1 spiro atoms. The molecule has 2 aliphatic heterocycles. The van der Waals surface area contributed by atoms with Crippen LogP contribution in [0.25, 0.3) is 0 Å². The summed E-state index contributed by atoms with van der Waals surface area (Å²) in [5.41, 5.74) is 2.12. The topological polar surface area (TPSA) is 23.5 Å². The van der Waals surface area contributed by atoms with E-state index in [1.54, 1.807) is 5.57 Å². The molecule has 2 heteroatoms. The molecule has 3 fully saturated rings. The van der Waals surface area contributed by atoms with Crippen LogP contribution in [0.4, 0.5) is 0 Å². The molecule has 4 rings (SSSR count). The van der Waals surface area contributed by atoms with Crippen LogP contribution in [0.1, 0.15) is 45.4 Å². The molecule has 5 atom stereocenters. The summed E-state index contributed by atoms with van der Waals surface area (Å²) in [4.78, 5) is 2.67. The van der Waals surface area contributed by atoms with E-state index in [0.717, 1.165) is 30.7 Å². The number of aliphatic hydroxyl groups excluding tert-OH is 1. The Kier molecular flexibility index (Phi) is 2.44. The third-order valence-electron chi connectivity index (χ3n) is 6.17. The Bertz CT molecular complexity index is 391. The van der Waals surface area contributed by atoms with Crippen molar-refractivity contribution in [3.05, 3.63) is 11.6 Å². The summed E-state index contributed by atoms with van der Waals surface area (Å²) >= 11 is 0. The molecule has 1 saturated carbocycles. The Hall–Kier alpha value is -0.340. The molecule has 2 bridgehead atoms. The van der Waals surface area contributed by atoms with E-state index in [1.165, 1.54) is 38.6 Å². The zero-order valence-corrected chi connectivity index (χ0v) is 11.4. The molecule has 0 aromatic heterocycles. The maximum Gasteiger partial charge on any atom is 0.0671 e. The van der Waals surface area contributed by atoms with Gasteiger partial charge in [0.15, 0.2) is 0 Å². The maximum atomic E-state index is 10.2. The SMILES string of the molecule is C[C@@H]1C[C@H]2CC=C3CCCN4C[C@H](O)C[C@H]2[C@]34C1. The highest BCUT2D eigenvalue weighted by molar-refractivity contribution is 5.32. The van der Waals surface area contributed by atoms with E-state index in [0.29, 0.717) is 5.54 Å². The predicted molar refractivity (Wildman–Crippen MR) is 72.2 cm³/mol. The number of aliphatic hydroxyl groups is 1. The summed E-state index contributed by atoms with van der Waals surface area (Å²) in [6.45, 7) is 4.58. The second kappa shape index (κ2) is 3.83.